The minimum Gasteiger partial charge on any atom is -0.414 e. The SMILES string of the molecule is CC(C)(C)[Si](C)(C)OC[C@H]1CC(=O)[C@@H](c2ccccc2)O1. The maximum atomic E-state index is 12.1. The van der Waals surface area contributed by atoms with E-state index in [0.29, 0.717) is 13.0 Å². The van der Waals surface area contributed by atoms with Crippen LogP contribution in [0.5, 0.6) is 0 Å². The van der Waals surface area contributed by atoms with Gasteiger partial charge in [-0.25, -0.2) is 0 Å². The molecule has 0 aliphatic carbocycles. The number of carbonyl (C=O) groups excluding carboxylic acids is 1. The topological polar surface area (TPSA) is 35.5 Å². The van der Waals surface area contributed by atoms with Crippen LogP contribution in [-0.4, -0.2) is 26.8 Å². The fourth-order valence-electron chi connectivity index (χ4n) is 2.16. The monoisotopic (exact) mass is 306 g/mol. The minimum absolute atomic E-state index is 0.114. The molecule has 0 saturated carbocycles. The van der Waals surface area contributed by atoms with Gasteiger partial charge in [-0.15, -0.1) is 0 Å². The Hall–Kier alpha value is -0.973. The molecule has 0 unspecified atom stereocenters. The summed E-state index contributed by atoms with van der Waals surface area (Å²) in [5.41, 5.74) is 0.942. The summed E-state index contributed by atoms with van der Waals surface area (Å²) >= 11 is 0. The summed E-state index contributed by atoms with van der Waals surface area (Å²) in [6, 6.07) is 9.71. The Morgan fingerprint density at radius 2 is 1.86 bits per heavy atom. The van der Waals surface area contributed by atoms with Crippen molar-refractivity contribution in [3.05, 3.63) is 35.9 Å². The van der Waals surface area contributed by atoms with E-state index in [-0.39, 0.29) is 16.9 Å². The molecular weight excluding hydrogens is 280 g/mol. The van der Waals surface area contributed by atoms with Crippen LogP contribution in [0.25, 0.3) is 0 Å². The molecule has 1 fully saturated rings. The summed E-state index contributed by atoms with van der Waals surface area (Å²) in [4.78, 5) is 12.1. The first-order valence-electron chi connectivity index (χ1n) is 7.58. The first kappa shape index (κ1) is 16.4. The van der Waals surface area contributed by atoms with Crippen LogP contribution in [0.2, 0.25) is 18.1 Å². The highest BCUT2D eigenvalue weighted by atomic mass is 28.4. The van der Waals surface area contributed by atoms with E-state index < -0.39 is 14.4 Å². The van der Waals surface area contributed by atoms with Gasteiger partial charge in [-0.1, -0.05) is 51.1 Å². The van der Waals surface area contributed by atoms with Gasteiger partial charge in [0.1, 0.15) is 6.10 Å². The van der Waals surface area contributed by atoms with Crippen LogP contribution in [0.4, 0.5) is 0 Å². The number of rotatable bonds is 4. The Kier molecular flexibility index (Phi) is 4.71. The van der Waals surface area contributed by atoms with Gasteiger partial charge < -0.3 is 9.16 Å². The Bertz CT molecular complexity index is 491. The van der Waals surface area contributed by atoms with Crippen LogP contribution < -0.4 is 0 Å². The van der Waals surface area contributed by atoms with Gasteiger partial charge in [0.15, 0.2) is 14.1 Å². The van der Waals surface area contributed by atoms with Gasteiger partial charge in [-0.3, -0.25) is 4.79 Å². The summed E-state index contributed by atoms with van der Waals surface area (Å²) in [5, 5.41) is 0.175. The number of ketones is 1. The minimum atomic E-state index is -1.79. The third kappa shape index (κ3) is 3.81. The molecule has 21 heavy (non-hydrogen) atoms. The van der Waals surface area contributed by atoms with Gasteiger partial charge in [0.2, 0.25) is 0 Å². The third-order valence-corrected chi connectivity index (χ3v) is 9.09. The van der Waals surface area contributed by atoms with Crippen LogP contribution in [0.1, 0.15) is 38.9 Å². The third-order valence-electron chi connectivity index (χ3n) is 4.59. The molecule has 1 heterocycles. The predicted octanol–water partition coefficient (Wildman–Crippen LogP) is 4.11. The van der Waals surface area contributed by atoms with Crippen molar-refractivity contribution in [2.24, 2.45) is 0 Å². The molecular formula is C17H26O3Si. The second-order valence-electron chi connectivity index (χ2n) is 7.29. The molecule has 0 N–H and O–H groups in total. The van der Waals surface area contributed by atoms with E-state index in [9.17, 15) is 4.79 Å². The lowest BCUT2D eigenvalue weighted by Crippen LogP contribution is -2.42. The number of hydrogen-bond donors (Lipinski definition) is 0. The molecule has 2 rings (SSSR count). The quantitative estimate of drug-likeness (QED) is 0.785. The molecule has 0 bridgehead atoms. The maximum absolute atomic E-state index is 12.1. The molecule has 2 atom stereocenters. The van der Waals surface area contributed by atoms with Crippen LogP contribution in [0.15, 0.2) is 30.3 Å². The van der Waals surface area contributed by atoms with E-state index in [1.807, 2.05) is 30.3 Å². The van der Waals surface area contributed by atoms with Gasteiger partial charge in [0.25, 0.3) is 0 Å². The van der Waals surface area contributed by atoms with E-state index in [0.717, 1.165) is 5.56 Å². The molecule has 0 radical (unpaired) electrons. The van der Waals surface area contributed by atoms with Gasteiger partial charge in [-0.2, -0.15) is 0 Å². The fraction of sp³-hybridized carbons (Fsp3) is 0.588. The molecule has 1 aliphatic rings. The highest BCUT2D eigenvalue weighted by Crippen LogP contribution is 2.37. The smallest absolute Gasteiger partial charge is 0.192 e. The lowest BCUT2D eigenvalue weighted by atomic mass is 10.1. The number of ether oxygens (including phenoxy) is 1. The first-order valence-corrected chi connectivity index (χ1v) is 10.5. The standard InChI is InChI=1S/C17H26O3Si/c1-17(2,3)21(4,5)19-12-14-11-15(18)16(20-14)13-9-7-6-8-10-13/h6-10,14,16H,11-12H2,1-5H3/t14-,16-/m1/s1. The Morgan fingerprint density at radius 3 is 2.43 bits per heavy atom. The first-order chi connectivity index (χ1) is 9.71. The van der Waals surface area contributed by atoms with Gasteiger partial charge in [-0.05, 0) is 23.7 Å². The number of Topliss-reactive ketones (excluding diaryl/α,β-unsaturated/α-hetero) is 1. The van der Waals surface area contributed by atoms with Crippen LogP contribution in [-0.2, 0) is 14.0 Å². The van der Waals surface area contributed by atoms with E-state index in [1.165, 1.54) is 0 Å². The molecule has 1 aromatic carbocycles. The van der Waals surface area contributed by atoms with Gasteiger partial charge in [0, 0.05) is 6.42 Å². The zero-order valence-corrected chi connectivity index (χ0v) is 14.7. The second kappa shape index (κ2) is 6.03. The van der Waals surface area contributed by atoms with Gasteiger partial charge in [0.05, 0.1) is 12.7 Å². The molecule has 1 aromatic rings. The molecule has 0 aromatic heterocycles. The largest absolute Gasteiger partial charge is 0.414 e. The van der Waals surface area contributed by atoms with Crippen molar-refractivity contribution in [2.75, 3.05) is 6.61 Å². The number of benzene rings is 1. The van der Waals surface area contributed by atoms with Crippen molar-refractivity contribution in [2.45, 2.75) is 57.5 Å². The Balaban J connectivity index is 1.95. The average Bonchev–Trinajstić information content (AvgIpc) is 2.78. The van der Waals surface area contributed by atoms with Crippen molar-refractivity contribution in [3.63, 3.8) is 0 Å². The van der Waals surface area contributed by atoms with Crippen molar-refractivity contribution in [3.8, 4) is 0 Å². The molecule has 3 nitrogen and oxygen atoms in total. The highest BCUT2D eigenvalue weighted by molar-refractivity contribution is 6.74. The van der Waals surface area contributed by atoms with Crippen molar-refractivity contribution < 1.29 is 14.0 Å². The fourth-order valence-corrected chi connectivity index (χ4v) is 3.19. The Morgan fingerprint density at radius 1 is 1.24 bits per heavy atom. The highest BCUT2D eigenvalue weighted by Gasteiger charge is 2.40. The molecule has 1 saturated heterocycles. The number of carbonyl (C=O) groups is 1. The molecule has 1 aliphatic heterocycles. The summed E-state index contributed by atoms with van der Waals surface area (Å²) in [6.45, 7) is 11.6. The van der Waals surface area contributed by atoms with Crippen LogP contribution >= 0.6 is 0 Å². The molecule has 4 heteroatoms. The Labute approximate surface area is 128 Å². The molecule has 0 spiro atoms. The second-order valence-corrected chi connectivity index (χ2v) is 12.1. The van der Waals surface area contributed by atoms with Crippen molar-refractivity contribution in [1.29, 1.82) is 0 Å². The van der Waals surface area contributed by atoms with E-state index in [2.05, 4.69) is 33.9 Å². The zero-order chi connectivity index (χ0) is 15.7. The van der Waals surface area contributed by atoms with Crippen molar-refractivity contribution >= 4 is 14.1 Å². The van der Waals surface area contributed by atoms with E-state index >= 15 is 0 Å². The summed E-state index contributed by atoms with van der Waals surface area (Å²) < 4.78 is 12.1. The van der Waals surface area contributed by atoms with Crippen LogP contribution in [0, 0.1) is 0 Å². The van der Waals surface area contributed by atoms with E-state index in [1.54, 1.807) is 0 Å². The molecule has 116 valence electrons. The summed E-state index contributed by atoms with van der Waals surface area (Å²) in [7, 11) is -1.79. The zero-order valence-electron chi connectivity index (χ0n) is 13.7. The predicted molar refractivity (Wildman–Crippen MR) is 86.8 cm³/mol. The maximum Gasteiger partial charge on any atom is 0.192 e. The average molecular weight is 306 g/mol. The van der Waals surface area contributed by atoms with Crippen LogP contribution in [0.3, 0.4) is 0 Å². The van der Waals surface area contributed by atoms with Crippen molar-refractivity contribution in [1.82, 2.24) is 0 Å². The number of hydrogen-bond acceptors (Lipinski definition) is 3. The summed E-state index contributed by atoms with van der Waals surface area (Å²) in [5.74, 6) is 0.157. The summed E-state index contributed by atoms with van der Waals surface area (Å²) in [6.07, 6.45) is -0.0789. The lowest BCUT2D eigenvalue weighted by molar-refractivity contribution is -0.122. The molecule has 0 amide bonds. The van der Waals surface area contributed by atoms with E-state index in [4.69, 9.17) is 9.16 Å². The van der Waals surface area contributed by atoms with Gasteiger partial charge >= 0.3 is 0 Å². The lowest BCUT2D eigenvalue weighted by Gasteiger charge is -2.36. The normalized spacial score (nSPS) is 23.6.